The molecule has 78 valence electrons. The fraction of sp³-hybridized carbons (Fsp3) is 0.300. The quantitative estimate of drug-likeness (QED) is 0.861. The molecule has 0 aromatic carbocycles. The van der Waals surface area contributed by atoms with E-state index in [1.165, 1.54) is 4.88 Å². The SMILES string of the molecule is Cc1ccnc(NCc2scnc2C)n1. The first-order valence-electron chi connectivity index (χ1n) is 4.68. The molecule has 0 atom stereocenters. The second-order valence-electron chi connectivity index (χ2n) is 3.24. The van der Waals surface area contributed by atoms with Crippen molar-refractivity contribution in [3.63, 3.8) is 0 Å². The Morgan fingerprint density at radius 1 is 1.33 bits per heavy atom. The molecule has 0 fully saturated rings. The van der Waals surface area contributed by atoms with Gasteiger partial charge >= 0.3 is 0 Å². The average molecular weight is 220 g/mol. The lowest BCUT2D eigenvalue weighted by Crippen LogP contribution is -2.03. The van der Waals surface area contributed by atoms with Crippen LogP contribution in [0.4, 0.5) is 5.95 Å². The van der Waals surface area contributed by atoms with E-state index >= 15 is 0 Å². The third-order valence-electron chi connectivity index (χ3n) is 2.05. The molecule has 0 radical (unpaired) electrons. The molecular formula is C10H12N4S. The predicted molar refractivity (Wildman–Crippen MR) is 60.9 cm³/mol. The maximum atomic E-state index is 4.26. The number of hydrogen-bond acceptors (Lipinski definition) is 5. The summed E-state index contributed by atoms with van der Waals surface area (Å²) in [6.45, 7) is 4.69. The van der Waals surface area contributed by atoms with E-state index in [0.29, 0.717) is 5.95 Å². The molecular weight excluding hydrogens is 208 g/mol. The van der Waals surface area contributed by atoms with Crippen molar-refractivity contribution in [1.82, 2.24) is 15.0 Å². The molecule has 15 heavy (non-hydrogen) atoms. The summed E-state index contributed by atoms with van der Waals surface area (Å²) in [7, 11) is 0. The molecule has 2 rings (SSSR count). The van der Waals surface area contributed by atoms with Gasteiger partial charge in [0, 0.05) is 16.8 Å². The van der Waals surface area contributed by atoms with Gasteiger partial charge in [-0.1, -0.05) is 0 Å². The molecule has 5 heteroatoms. The Kier molecular flexibility index (Phi) is 2.91. The number of nitrogens with zero attached hydrogens (tertiary/aromatic N) is 3. The van der Waals surface area contributed by atoms with Crippen LogP contribution in [-0.4, -0.2) is 15.0 Å². The van der Waals surface area contributed by atoms with Crippen LogP contribution in [0.25, 0.3) is 0 Å². The maximum absolute atomic E-state index is 4.26. The first-order valence-corrected chi connectivity index (χ1v) is 5.56. The van der Waals surface area contributed by atoms with Gasteiger partial charge in [-0.3, -0.25) is 0 Å². The van der Waals surface area contributed by atoms with Crippen molar-refractivity contribution in [3.05, 3.63) is 34.0 Å². The summed E-state index contributed by atoms with van der Waals surface area (Å²) >= 11 is 1.64. The second-order valence-corrected chi connectivity index (χ2v) is 4.18. The molecule has 0 aliphatic heterocycles. The second kappa shape index (κ2) is 4.35. The zero-order chi connectivity index (χ0) is 10.7. The number of anilines is 1. The van der Waals surface area contributed by atoms with Crippen molar-refractivity contribution < 1.29 is 0 Å². The van der Waals surface area contributed by atoms with Crippen LogP contribution in [0.1, 0.15) is 16.3 Å². The van der Waals surface area contributed by atoms with E-state index in [-0.39, 0.29) is 0 Å². The number of aromatic nitrogens is 3. The minimum Gasteiger partial charge on any atom is -0.349 e. The topological polar surface area (TPSA) is 50.7 Å². The van der Waals surface area contributed by atoms with E-state index in [2.05, 4.69) is 20.3 Å². The molecule has 2 heterocycles. The highest BCUT2D eigenvalue weighted by atomic mass is 32.1. The molecule has 1 N–H and O–H groups in total. The molecule has 0 amide bonds. The van der Waals surface area contributed by atoms with Gasteiger partial charge in [-0.2, -0.15) is 0 Å². The number of thiazole rings is 1. The minimum absolute atomic E-state index is 0.669. The Bertz CT molecular complexity index is 452. The van der Waals surface area contributed by atoms with Gasteiger partial charge in [0.05, 0.1) is 17.7 Å². The first kappa shape index (κ1) is 10.0. The standard InChI is InChI=1S/C10H12N4S/c1-7-3-4-11-10(14-7)12-5-9-8(2)13-6-15-9/h3-4,6H,5H2,1-2H3,(H,11,12,14). The molecule has 0 unspecified atom stereocenters. The Labute approximate surface area is 92.4 Å². The van der Waals surface area contributed by atoms with Gasteiger partial charge in [-0.15, -0.1) is 11.3 Å². The molecule has 0 aliphatic rings. The molecule has 2 aromatic rings. The molecule has 0 aliphatic carbocycles. The van der Waals surface area contributed by atoms with E-state index in [4.69, 9.17) is 0 Å². The third-order valence-corrected chi connectivity index (χ3v) is 2.98. The van der Waals surface area contributed by atoms with Gasteiger partial charge in [0.1, 0.15) is 0 Å². The van der Waals surface area contributed by atoms with Crippen LogP contribution < -0.4 is 5.32 Å². The van der Waals surface area contributed by atoms with Crippen LogP contribution >= 0.6 is 11.3 Å². The zero-order valence-electron chi connectivity index (χ0n) is 8.69. The largest absolute Gasteiger partial charge is 0.349 e. The summed E-state index contributed by atoms with van der Waals surface area (Å²) in [5, 5.41) is 3.18. The lowest BCUT2D eigenvalue weighted by Gasteiger charge is -2.03. The molecule has 0 saturated carbocycles. The molecule has 0 bridgehead atoms. The summed E-state index contributed by atoms with van der Waals surface area (Å²) in [5.41, 5.74) is 3.89. The smallest absolute Gasteiger partial charge is 0.223 e. The van der Waals surface area contributed by atoms with Gasteiger partial charge in [-0.25, -0.2) is 15.0 Å². The van der Waals surface area contributed by atoms with E-state index in [0.717, 1.165) is 17.9 Å². The molecule has 0 saturated heterocycles. The fourth-order valence-corrected chi connectivity index (χ4v) is 1.91. The molecule has 2 aromatic heterocycles. The van der Waals surface area contributed by atoms with E-state index in [9.17, 15) is 0 Å². The monoisotopic (exact) mass is 220 g/mol. The van der Waals surface area contributed by atoms with Crippen molar-refractivity contribution >= 4 is 17.3 Å². The normalized spacial score (nSPS) is 10.3. The summed E-state index contributed by atoms with van der Waals surface area (Å²) in [5.74, 6) is 0.669. The van der Waals surface area contributed by atoms with E-state index in [1.807, 2.05) is 25.4 Å². The molecule has 0 spiro atoms. The van der Waals surface area contributed by atoms with Crippen LogP contribution in [0.2, 0.25) is 0 Å². The number of nitrogens with one attached hydrogen (secondary N) is 1. The Morgan fingerprint density at radius 3 is 2.87 bits per heavy atom. The van der Waals surface area contributed by atoms with Crippen molar-refractivity contribution in [2.75, 3.05) is 5.32 Å². The third kappa shape index (κ3) is 2.50. The van der Waals surface area contributed by atoms with E-state index in [1.54, 1.807) is 17.5 Å². The Hall–Kier alpha value is -1.49. The highest BCUT2D eigenvalue weighted by molar-refractivity contribution is 7.09. The number of rotatable bonds is 3. The van der Waals surface area contributed by atoms with Crippen LogP contribution in [0.5, 0.6) is 0 Å². The van der Waals surface area contributed by atoms with Crippen molar-refractivity contribution in [2.45, 2.75) is 20.4 Å². The van der Waals surface area contributed by atoms with Crippen LogP contribution in [0.15, 0.2) is 17.8 Å². The van der Waals surface area contributed by atoms with Gasteiger partial charge < -0.3 is 5.32 Å². The van der Waals surface area contributed by atoms with Crippen molar-refractivity contribution in [1.29, 1.82) is 0 Å². The Morgan fingerprint density at radius 2 is 2.20 bits per heavy atom. The van der Waals surface area contributed by atoms with Gasteiger partial charge in [0.2, 0.25) is 5.95 Å². The average Bonchev–Trinajstić information content (AvgIpc) is 2.61. The van der Waals surface area contributed by atoms with E-state index < -0.39 is 0 Å². The summed E-state index contributed by atoms with van der Waals surface area (Å²) < 4.78 is 0. The van der Waals surface area contributed by atoms with Gasteiger partial charge in [0.15, 0.2) is 0 Å². The summed E-state index contributed by atoms with van der Waals surface area (Å²) in [4.78, 5) is 13.8. The lowest BCUT2D eigenvalue weighted by atomic mass is 10.4. The Balaban J connectivity index is 2.02. The zero-order valence-corrected chi connectivity index (χ0v) is 9.51. The van der Waals surface area contributed by atoms with Crippen LogP contribution in [0.3, 0.4) is 0 Å². The highest BCUT2D eigenvalue weighted by Crippen LogP contribution is 2.13. The van der Waals surface area contributed by atoms with Gasteiger partial charge in [0.25, 0.3) is 0 Å². The number of aryl methyl sites for hydroxylation is 2. The van der Waals surface area contributed by atoms with Crippen LogP contribution in [0, 0.1) is 13.8 Å². The molecule has 4 nitrogen and oxygen atoms in total. The predicted octanol–water partition coefficient (Wildman–Crippen LogP) is 2.16. The first-order chi connectivity index (χ1) is 7.25. The minimum atomic E-state index is 0.669. The van der Waals surface area contributed by atoms with Crippen molar-refractivity contribution in [2.24, 2.45) is 0 Å². The van der Waals surface area contributed by atoms with Crippen molar-refractivity contribution in [3.8, 4) is 0 Å². The maximum Gasteiger partial charge on any atom is 0.223 e. The summed E-state index contributed by atoms with van der Waals surface area (Å²) in [6.07, 6.45) is 1.75. The number of hydrogen-bond donors (Lipinski definition) is 1. The summed E-state index contributed by atoms with van der Waals surface area (Å²) in [6, 6.07) is 1.88. The highest BCUT2D eigenvalue weighted by Gasteiger charge is 2.01. The van der Waals surface area contributed by atoms with Gasteiger partial charge in [-0.05, 0) is 19.9 Å². The lowest BCUT2D eigenvalue weighted by molar-refractivity contribution is 1.03. The van der Waals surface area contributed by atoms with Crippen LogP contribution in [-0.2, 0) is 6.54 Å². The fourth-order valence-electron chi connectivity index (χ4n) is 1.19.